The molecule has 2 aromatic carbocycles. The van der Waals surface area contributed by atoms with E-state index in [1.54, 1.807) is 6.07 Å². The molecule has 0 fully saturated rings. The van der Waals surface area contributed by atoms with Gasteiger partial charge in [-0.2, -0.15) is 0 Å². The average molecular weight is 353 g/mol. The third-order valence-corrected chi connectivity index (χ3v) is 3.62. The van der Waals surface area contributed by atoms with Crippen LogP contribution >= 0.6 is 15.9 Å². The number of nitrogens with zero attached hydrogens (tertiary/aromatic N) is 1. The van der Waals surface area contributed by atoms with Crippen molar-refractivity contribution in [2.45, 2.75) is 0 Å². The highest BCUT2D eigenvalue weighted by molar-refractivity contribution is 9.10. The summed E-state index contributed by atoms with van der Waals surface area (Å²) in [5.41, 5.74) is 5.09. The summed E-state index contributed by atoms with van der Waals surface area (Å²) in [7, 11) is 0. The number of nitrogens with two attached hydrogens (primary N) is 1. The number of imide groups is 1. The Balaban J connectivity index is 2.19. The first-order valence-corrected chi connectivity index (χ1v) is 6.62. The molecule has 0 aromatic heterocycles. The standard InChI is InChI=1S/C14H7BrF2N2O2/c15-6-1-2-8-9(3-6)14(21)19(13(8)20)12-10(17)4-7(16)5-11(12)18/h1-5H,18H2. The number of fused-ring (bicyclic) bond motifs is 1. The lowest BCUT2D eigenvalue weighted by molar-refractivity contribution is 0.0925. The van der Waals surface area contributed by atoms with Crippen LogP contribution in [0.4, 0.5) is 20.2 Å². The maximum atomic E-state index is 13.9. The summed E-state index contributed by atoms with van der Waals surface area (Å²) in [6.45, 7) is 0. The summed E-state index contributed by atoms with van der Waals surface area (Å²) in [4.78, 5) is 25.2. The van der Waals surface area contributed by atoms with Gasteiger partial charge in [0.1, 0.15) is 11.5 Å². The predicted octanol–water partition coefficient (Wildman–Crippen LogP) is 3.11. The van der Waals surface area contributed by atoms with Crippen LogP contribution in [0.5, 0.6) is 0 Å². The molecular weight excluding hydrogens is 346 g/mol. The van der Waals surface area contributed by atoms with E-state index in [0.717, 1.165) is 6.07 Å². The second-order valence-electron chi connectivity index (χ2n) is 4.46. The van der Waals surface area contributed by atoms with Crippen molar-refractivity contribution in [2.24, 2.45) is 0 Å². The average Bonchev–Trinajstić information content (AvgIpc) is 2.62. The van der Waals surface area contributed by atoms with Crippen molar-refractivity contribution < 1.29 is 18.4 Å². The normalized spacial score (nSPS) is 13.8. The summed E-state index contributed by atoms with van der Waals surface area (Å²) in [5.74, 6) is -3.35. The number of carbonyl (C=O) groups excluding carboxylic acids is 2. The zero-order chi connectivity index (χ0) is 15.3. The van der Waals surface area contributed by atoms with Crippen LogP contribution in [0, 0.1) is 11.6 Å². The molecule has 2 aromatic rings. The predicted molar refractivity (Wildman–Crippen MR) is 76.1 cm³/mol. The lowest BCUT2D eigenvalue weighted by Crippen LogP contribution is -2.31. The Labute approximate surface area is 126 Å². The van der Waals surface area contributed by atoms with E-state index in [-0.39, 0.29) is 16.8 Å². The monoisotopic (exact) mass is 352 g/mol. The molecule has 1 aliphatic rings. The van der Waals surface area contributed by atoms with Gasteiger partial charge in [0.15, 0.2) is 5.82 Å². The zero-order valence-corrected chi connectivity index (χ0v) is 11.9. The van der Waals surface area contributed by atoms with Crippen LogP contribution in [0.2, 0.25) is 0 Å². The van der Waals surface area contributed by atoms with E-state index < -0.39 is 29.1 Å². The van der Waals surface area contributed by atoms with E-state index in [2.05, 4.69) is 15.9 Å². The Morgan fingerprint density at radius 1 is 1.00 bits per heavy atom. The second-order valence-corrected chi connectivity index (χ2v) is 5.38. The first-order chi connectivity index (χ1) is 9.90. The van der Waals surface area contributed by atoms with Gasteiger partial charge in [-0.3, -0.25) is 9.59 Å². The molecule has 21 heavy (non-hydrogen) atoms. The number of anilines is 2. The van der Waals surface area contributed by atoms with Crippen LogP contribution in [-0.4, -0.2) is 11.8 Å². The van der Waals surface area contributed by atoms with Gasteiger partial charge in [-0.25, -0.2) is 13.7 Å². The minimum atomic E-state index is -1.07. The number of benzene rings is 2. The third kappa shape index (κ3) is 2.01. The van der Waals surface area contributed by atoms with Crippen molar-refractivity contribution in [1.29, 1.82) is 0 Å². The molecule has 0 radical (unpaired) electrons. The molecule has 0 unspecified atom stereocenters. The molecule has 4 nitrogen and oxygen atoms in total. The number of rotatable bonds is 1. The number of carbonyl (C=O) groups is 2. The number of halogens is 3. The number of amides is 2. The Kier molecular flexibility index (Phi) is 3.02. The minimum Gasteiger partial charge on any atom is -0.397 e. The molecular formula is C14H7BrF2N2O2. The molecule has 3 rings (SSSR count). The Morgan fingerprint density at radius 2 is 1.67 bits per heavy atom. The largest absolute Gasteiger partial charge is 0.397 e. The number of nitrogen functional groups attached to an aromatic ring is 1. The van der Waals surface area contributed by atoms with Gasteiger partial charge in [0.25, 0.3) is 11.8 Å². The van der Waals surface area contributed by atoms with Gasteiger partial charge < -0.3 is 5.73 Å². The van der Waals surface area contributed by atoms with Crippen molar-refractivity contribution in [2.75, 3.05) is 10.6 Å². The van der Waals surface area contributed by atoms with Crippen LogP contribution in [0.3, 0.4) is 0 Å². The maximum Gasteiger partial charge on any atom is 0.266 e. The highest BCUT2D eigenvalue weighted by Gasteiger charge is 2.39. The van der Waals surface area contributed by atoms with Crippen LogP contribution in [0.1, 0.15) is 20.7 Å². The van der Waals surface area contributed by atoms with E-state index >= 15 is 0 Å². The molecule has 1 aliphatic heterocycles. The summed E-state index contributed by atoms with van der Waals surface area (Å²) < 4.78 is 27.6. The minimum absolute atomic E-state index is 0.137. The molecule has 2 N–H and O–H groups in total. The molecule has 0 saturated carbocycles. The van der Waals surface area contributed by atoms with Gasteiger partial charge in [-0.15, -0.1) is 0 Å². The fourth-order valence-corrected chi connectivity index (χ4v) is 2.60. The topological polar surface area (TPSA) is 63.4 Å². The number of hydrogen-bond donors (Lipinski definition) is 1. The van der Waals surface area contributed by atoms with E-state index in [1.807, 2.05) is 0 Å². The summed E-state index contributed by atoms with van der Waals surface area (Å²) >= 11 is 3.20. The van der Waals surface area contributed by atoms with Crippen molar-refractivity contribution in [3.8, 4) is 0 Å². The van der Waals surface area contributed by atoms with Crippen LogP contribution in [-0.2, 0) is 0 Å². The lowest BCUT2D eigenvalue weighted by Gasteiger charge is -2.17. The van der Waals surface area contributed by atoms with E-state index in [4.69, 9.17) is 5.73 Å². The SMILES string of the molecule is Nc1cc(F)cc(F)c1N1C(=O)c2ccc(Br)cc2C1=O. The van der Waals surface area contributed by atoms with Gasteiger partial charge in [0, 0.05) is 10.5 Å². The zero-order valence-electron chi connectivity index (χ0n) is 10.4. The molecule has 0 saturated heterocycles. The van der Waals surface area contributed by atoms with Crippen molar-refractivity contribution in [3.05, 3.63) is 57.6 Å². The molecule has 1 heterocycles. The van der Waals surface area contributed by atoms with Crippen molar-refractivity contribution in [1.82, 2.24) is 0 Å². The number of hydrogen-bond acceptors (Lipinski definition) is 3. The van der Waals surface area contributed by atoms with E-state index in [1.165, 1.54) is 12.1 Å². The van der Waals surface area contributed by atoms with Crippen LogP contribution < -0.4 is 10.6 Å². The first kappa shape index (κ1) is 13.7. The molecule has 0 aliphatic carbocycles. The Morgan fingerprint density at radius 3 is 2.33 bits per heavy atom. The highest BCUT2D eigenvalue weighted by Crippen LogP contribution is 2.35. The van der Waals surface area contributed by atoms with Crippen LogP contribution in [0.25, 0.3) is 0 Å². The maximum absolute atomic E-state index is 13.9. The third-order valence-electron chi connectivity index (χ3n) is 3.13. The van der Waals surface area contributed by atoms with Gasteiger partial charge in [0.2, 0.25) is 0 Å². The van der Waals surface area contributed by atoms with Gasteiger partial charge >= 0.3 is 0 Å². The first-order valence-electron chi connectivity index (χ1n) is 5.83. The lowest BCUT2D eigenvalue weighted by atomic mass is 10.1. The van der Waals surface area contributed by atoms with Crippen molar-refractivity contribution in [3.63, 3.8) is 0 Å². The molecule has 7 heteroatoms. The summed E-state index contributed by atoms with van der Waals surface area (Å²) in [6.07, 6.45) is 0. The Hall–Kier alpha value is -2.28. The quantitative estimate of drug-likeness (QED) is 0.633. The van der Waals surface area contributed by atoms with Gasteiger partial charge in [-0.05, 0) is 24.3 Å². The van der Waals surface area contributed by atoms with Crippen LogP contribution in [0.15, 0.2) is 34.8 Å². The second kappa shape index (κ2) is 4.63. The fourth-order valence-electron chi connectivity index (χ4n) is 2.24. The molecule has 106 valence electrons. The van der Waals surface area contributed by atoms with E-state index in [9.17, 15) is 18.4 Å². The summed E-state index contributed by atoms with van der Waals surface area (Å²) in [6, 6.07) is 5.95. The summed E-state index contributed by atoms with van der Waals surface area (Å²) in [5, 5.41) is 0. The molecule has 0 spiro atoms. The van der Waals surface area contributed by atoms with E-state index in [0.29, 0.717) is 15.4 Å². The fraction of sp³-hybridized carbons (Fsp3) is 0. The molecule has 0 atom stereocenters. The molecule has 2 amide bonds. The van der Waals surface area contributed by atoms with Gasteiger partial charge in [-0.1, -0.05) is 15.9 Å². The smallest absolute Gasteiger partial charge is 0.266 e. The molecule has 0 bridgehead atoms. The highest BCUT2D eigenvalue weighted by atomic mass is 79.9. The Bertz CT molecular complexity index is 785. The van der Waals surface area contributed by atoms with Crippen molar-refractivity contribution >= 4 is 39.1 Å². The van der Waals surface area contributed by atoms with Gasteiger partial charge in [0.05, 0.1) is 16.8 Å².